The molecule has 2 fully saturated rings. The molecule has 8 atom stereocenters. The van der Waals surface area contributed by atoms with Gasteiger partial charge in [0.1, 0.15) is 40.7 Å². The van der Waals surface area contributed by atoms with E-state index >= 15 is 0 Å². The van der Waals surface area contributed by atoms with E-state index in [1.54, 1.807) is 56.3 Å². The van der Waals surface area contributed by atoms with Crippen LogP contribution in [0.5, 0.6) is 5.75 Å². The minimum atomic E-state index is -1.97. The van der Waals surface area contributed by atoms with Crippen LogP contribution in [0.4, 0.5) is 21.9 Å². The van der Waals surface area contributed by atoms with Crippen LogP contribution < -0.4 is 25.6 Å². The Labute approximate surface area is 362 Å². The highest BCUT2D eigenvalue weighted by Crippen LogP contribution is 2.40. The summed E-state index contributed by atoms with van der Waals surface area (Å²) in [6, 6.07) is 7.23. The van der Waals surface area contributed by atoms with Crippen molar-refractivity contribution in [2.45, 2.75) is 89.6 Å². The number of likely N-dealkylation sites (N-methyl/N-ethyl adjacent to an activating group) is 1. The number of hydrogen-bond acceptors (Lipinski definition) is 13. The topological polar surface area (TPSA) is 203 Å². The number of alkyl carbamates (subject to hydrolysis) is 1. The molecule has 334 valence electrons. The first-order valence-electron chi connectivity index (χ1n) is 20.3. The monoisotopic (exact) mass is 869 g/mol. The number of ether oxygens (including phenoxy) is 5. The smallest absolute Gasteiger partial charge is 0.409 e. The molecule has 2 aromatic rings. The number of rotatable bonds is 7. The van der Waals surface area contributed by atoms with Crippen molar-refractivity contribution in [3.63, 3.8) is 0 Å². The number of amides is 3. The Balaban J connectivity index is 1.51. The molecule has 3 aliphatic rings. The van der Waals surface area contributed by atoms with E-state index < -0.39 is 77.8 Å². The summed E-state index contributed by atoms with van der Waals surface area (Å²) in [4.78, 5) is 60.0. The number of nitrogen functional groups attached to an aromatic ring is 1. The molecule has 4 bridgehead atoms. The number of nitrogens with two attached hydrogens (primary N) is 1. The first-order chi connectivity index (χ1) is 28.7. The van der Waals surface area contributed by atoms with Crippen LogP contribution in [0.25, 0.3) is 0 Å². The van der Waals surface area contributed by atoms with Crippen molar-refractivity contribution < 1.29 is 53.1 Å². The predicted octanol–water partition coefficient (Wildman–Crippen LogP) is 4.48. The van der Waals surface area contributed by atoms with Gasteiger partial charge in [-0.15, -0.1) is 0 Å². The number of nitrogens with one attached hydrogen (secondary N) is 1. The van der Waals surface area contributed by atoms with Gasteiger partial charge in [0.25, 0.3) is 5.91 Å². The number of aliphatic hydroxyl groups is 2. The first-order valence-corrected chi connectivity index (χ1v) is 20.7. The zero-order valence-corrected chi connectivity index (χ0v) is 37.2. The van der Waals surface area contributed by atoms with Gasteiger partial charge < -0.3 is 54.3 Å². The van der Waals surface area contributed by atoms with Gasteiger partial charge in [-0.1, -0.05) is 49.2 Å². The third kappa shape index (κ3) is 10.4. The molecular weight excluding hydrogens is 810 g/mol. The van der Waals surface area contributed by atoms with E-state index in [9.17, 15) is 29.4 Å². The second-order valence-electron chi connectivity index (χ2n) is 16.5. The fraction of sp³-hybridized carbons (Fsp3) is 0.545. The molecule has 3 aliphatic heterocycles. The standard InChI is InChI=1S/C44H60ClN5O11/c1-25-11-10-12-36(58-9)44(56)24-35(60-42(54)47-44)26(2)27(3)43(5,55)37(23-38(51)49(7)33-20-29(19-25)21-34(57-8)39(33)45)61-41(53)28(4)48(6)40(52)30-13-14-31(46)32(22-30)50-15-17-59-18-16-50/h10-14,20-22,26-28,35-37,55-56H,15-19,23-24,46H2,1-9H3,(H,47,54)/b12-10+,25-11+/t26-,27-,28-,35-,36+,37-,43+,44-/m0/s1. The van der Waals surface area contributed by atoms with Crippen LogP contribution in [0.2, 0.25) is 5.02 Å². The second kappa shape index (κ2) is 19.5. The number of benzene rings is 2. The normalized spacial score (nSPS) is 29.6. The zero-order chi connectivity index (χ0) is 45.0. The molecule has 2 saturated heterocycles. The molecular formula is C44H60ClN5O11. The van der Waals surface area contributed by atoms with Crippen LogP contribution in [-0.2, 0) is 35.0 Å². The molecule has 3 heterocycles. The summed E-state index contributed by atoms with van der Waals surface area (Å²) in [5.41, 5.74) is 5.85. The summed E-state index contributed by atoms with van der Waals surface area (Å²) in [5.74, 6) is -3.14. The Morgan fingerprint density at radius 3 is 2.44 bits per heavy atom. The highest BCUT2D eigenvalue weighted by Gasteiger charge is 2.51. The Morgan fingerprint density at radius 1 is 1.10 bits per heavy atom. The van der Waals surface area contributed by atoms with Crippen LogP contribution in [-0.4, -0.2) is 129 Å². The molecule has 0 spiro atoms. The van der Waals surface area contributed by atoms with Crippen LogP contribution in [0.3, 0.4) is 0 Å². The third-order valence-electron chi connectivity index (χ3n) is 12.4. The maximum atomic E-state index is 14.3. The lowest BCUT2D eigenvalue weighted by Gasteiger charge is -2.46. The van der Waals surface area contributed by atoms with E-state index in [4.69, 9.17) is 41.0 Å². The van der Waals surface area contributed by atoms with E-state index in [2.05, 4.69) is 5.32 Å². The Morgan fingerprint density at radius 2 is 1.79 bits per heavy atom. The fourth-order valence-electron chi connectivity index (χ4n) is 7.97. The number of carbonyl (C=O) groups is 4. The van der Waals surface area contributed by atoms with Crippen molar-refractivity contribution in [3.05, 3.63) is 70.3 Å². The lowest BCUT2D eigenvalue weighted by atomic mass is 9.73. The van der Waals surface area contributed by atoms with Gasteiger partial charge >= 0.3 is 12.1 Å². The van der Waals surface area contributed by atoms with E-state index in [1.165, 1.54) is 52.0 Å². The molecule has 5 rings (SSSR count). The van der Waals surface area contributed by atoms with E-state index in [0.717, 1.165) is 11.1 Å². The Hall–Kier alpha value is -4.87. The Kier molecular flexibility index (Phi) is 15.0. The van der Waals surface area contributed by atoms with Crippen molar-refractivity contribution >= 4 is 52.5 Å². The molecule has 0 aromatic heterocycles. The maximum absolute atomic E-state index is 14.3. The Bertz CT molecular complexity index is 2020. The number of nitrogens with zero attached hydrogens (tertiary/aromatic N) is 3. The first kappa shape index (κ1) is 47.2. The van der Waals surface area contributed by atoms with E-state index in [1.807, 2.05) is 17.9 Å². The fourth-order valence-corrected chi connectivity index (χ4v) is 8.28. The molecule has 5 N–H and O–H groups in total. The number of halogens is 1. The van der Waals surface area contributed by atoms with Crippen LogP contribution in [0.1, 0.15) is 63.4 Å². The van der Waals surface area contributed by atoms with Gasteiger partial charge in [-0.05, 0) is 74.9 Å². The van der Waals surface area contributed by atoms with Crippen molar-refractivity contribution in [1.29, 1.82) is 0 Å². The number of hydrogen-bond donors (Lipinski definition) is 4. The SMILES string of the molecule is COc1cc2cc(c1Cl)N(C)C(=O)C[C@H](OC(=O)[C@H](C)N(C)C(=O)c1ccc(N)c(N3CCOCC3)c1)[C@](C)(O)[C@@H](C)[C@H](C)[C@@H]1C[C@@](O)(NC(=O)O1)[C@H](OC)/C=C/C=C(\C)C2. The van der Waals surface area contributed by atoms with Gasteiger partial charge in [0.15, 0.2) is 5.72 Å². The van der Waals surface area contributed by atoms with Gasteiger partial charge in [-0.2, -0.15) is 0 Å². The minimum Gasteiger partial charge on any atom is -0.495 e. The summed E-state index contributed by atoms with van der Waals surface area (Å²) in [7, 11) is 5.85. The van der Waals surface area contributed by atoms with Crippen molar-refractivity contribution in [3.8, 4) is 5.75 Å². The molecule has 0 saturated carbocycles. The van der Waals surface area contributed by atoms with Crippen LogP contribution >= 0.6 is 11.6 Å². The summed E-state index contributed by atoms with van der Waals surface area (Å²) < 4.78 is 28.5. The summed E-state index contributed by atoms with van der Waals surface area (Å²) in [5, 5.41) is 27.0. The summed E-state index contributed by atoms with van der Waals surface area (Å²) in [6.45, 7) is 10.5. The number of methoxy groups -OCH3 is 2. The second-order valence-corrected chi connectivity index (χ2v) is 16.9. The van der Waals surface area contributed by atoms with E-state index in [-0.39, 0.29) is 11.4 Å². The summed E-state index contributed by atoms with van der Waals surface area (Å²) >= 11 is 6.80. The van der Waals surface area contributed by atoms with Gasteiger partial charge in [-0.25, -0.2) is 9.59 Å². The number of allylic oxidation sites excluding steroid dienone is 3. The molecule has 16 nitrogen and oxygen atoms in total. The van der Waals surface area contributed by atoms with Gasteiger partial charge in [0.05, 0.1) is 43.8 Å². The number of anilines is 3. The average molecular weight is 870 g/mol. The van der Waals surface area contributed by atoms with Gasteiger partial charge in [0.2, 0.25) is 5.91 Å². The van der Waals surface area contributed by atoms with Crippen LogP contribution in [0, 0.1) is 11.8 Å². The third-order valence-corrected chi connectivity index (χ3v) is 12.8. The molecule has 61 heavy (non-hydrogen) atoms. The van der Waals surface area contributed by atoms with Gasteiger partial charge in [-0.3, -0.25) is 14.9 Å². The lowest BCUT2D eigenvalue weighted by Crippen LogP contribution is -2.64. The number of carbonyl (C=O) groups excluding carboxylic acids is 4. The molecule has 2 aromatic carbocycles. The highest BCUT2D eigenvalue weighted by atomic mass is 35.5. The van der Waals surface area contributed by atoms with Crippen molar-refractivity contribution in [2.75, 3.05) is 70.2 Å². The summed E-state index contributed by atoms with van der Waals surface area (Å²) in [6.07, 6.45) is 0.576. The zero-order valence-electron chi connectivity index (χ0n) is 36.4. The molecule has 0 unspecified atom stereocenters. The molecule has 3 amide bonds. The lowest BCUT2D eigenvalue weighted by molar-refractivity contribution is -0.185. The maximum Gasteiger partial charge on any atom is 0.409 e. The van der Waals surface area contributed by atoms with Gasteiger partial charge in [0, 0.05) is 46.3 Å². The van der Waals surface area contributed by atoms with Crippen molar-refractivity contribution in [2.24, 2.45) is 11.8 Å². The minimum absolute atomic E-state index is 0.134. The number of fused-ring (bicyclic) bond motifs is 4. The predicted molar refractivity (Wildman–Crippen MR) is 231 cm³/mol. The largest absolute Gasteiger partial charge is 0.495 e. The van der Waals surface area contributed by atoms with Crippen LogP contribution in [0.15, 0.2) is 54.1 Å². The van der Waals surface area contributed by atoms with E-state index in [0.29, 0.717) is 61.1 Å². The molecule has 0 radical (unpaired) electrons. The number of esters is 1. The highest BCUT2D eigenvalue weighted by molar-refractivity contribution is 6.35. The number of morpholine rings is 1. The molecule has 0 aliphatic carbocycles. The molecule has 17 heteroatoms. The average Bonchev–Trinajstić information content (AvgIpc) is 3.23. The quantitative estimate of drug-likeness (QED) is 0.225. The van der Waals surface area contributed by atoms with Crippen molar-refractivity contribution in [1.82, 2.24) is 10.2 Å².